The Hall–Kier alpha value is -2.03. The van der Waals surface area contributed by atoms with Crippen molar-refractivity contribution in [2.24, 2.45) is 0 Å². The molecular formula is C15H16N2O. The summed E-state index contributed by atoms with van der Waals surface area (Å²) in [4.78, 5) is 19.7. The van der Waals surface area contributed by atoms with Gasteiger partial charge in [0.1, 0.15) is 5.78 Å². The van der Waals surface area contributed by atoms with E-state index in [4.69, 9.17) is 0 Å². The number of carbonyl (C=O) groups excluding carboxylic acids is 1. The number of aryl methyl sites for hydroxylation is 2. The molecule has 2 aromatic rings. The number of hydrogen-bond donors (Lipinski definition) is 0. The molecule has 0 aliphatic heterocycles. The fourth-order valence-corrected chi connectivity index (χ4v) is 1.79. The molecule has 0 saturated carbocycles. The number of carbonyl (C=O) groups is 1. The van der Waals surface area contributed by atoms with E-state index in [1.807, 2.05) is 24.3 Å². The predicted molar refractivity (Wildman–Crippen MR) is 70.1 cm³/mol. The molecule has 92 valence electrons. The highest BCUT2D eigenvalue weighted by molar-refractivity contribution is 5.78. The summed E-state index contributed by atoms with van der Waals surface area (Å²) < 4.78 is 0. The van der Waals surface area contributed by atoms with Gasteiger partial charge in [-0.05, 0) is 48.2 Å². The average molecular weight is 240 g/mol. The number of nitrogens with zero attached hydrogens (tertiary/aromatic N) is 2. The molecule has 0 unspecified atom stereocenters. The molecule has 0 N–H and O–H groups in total. The van der Waals surface area contributed by atoms with E-state index < -0.39 is 0 Å². The van der Waals surface area contributed by atoms with Crippen LogP contribution in [0.5, 0.6) is 0 Å². The van der Waals surface area contributed by atoms with Gasteiger partial charge in [0.25, 0.3) is 0 Å². The highest BCUT2D eigenvalue weighted by Gasteiger charge is 2.03. The van der Waals surface area contributed by atoms with E-state index in [2.05, 4.69) is 9.97 Å². The highest BCUT2D eigenvalue weighted by Crippen LogP contribution is 2.06. The highest BCUT2D eigenvalue weighted by atomic mass is 16.1. The van der Waals surface area contributed by atoms with Crippen molar-refractivity contribution in [2.75, 3.05) is 0 Å². The molecule has 0 bridgehead atoms. The second kappa shape index (κ2) is 6.64. The molecule has 0 fully saturated rings. The zero-order valence-corrected chi connectivity index (χ0v) is 10.2. The smallest absolute Gasteiger partial charge is 0.133 e. The number of rotatable bonds is 6. The van der Waals surface area contributed by atoms with Gasteiger partial charge in [0.2, 0.25) is 0 Å². The van der Waals surface area contributed by atoms with E-state index in [0.29, 0.717) is 18.6 Å². The van der Waals surface area contributed by atoms with Crippen molar-refractivity contribution in [3.05, 3.63) is 60.2 Å². The minimum atomic E-state index is 0.309. The van der Waals surface area contributed by atoms with Crippen molar-refractivity contribution in [3.8, 4) is 0 Å². The standard InChI is InChI=1S/C15H16N2O/c18-15(3-1-13-5-9-16-10-6-13)4-2-14-7-11-17-12-8-14/h5-12H,1-4H2. The molecule has 0 radical (unpaired) electrons. The van der Waals surface area contributed by atoms with Crippen LogP contribution in [0.4, 0.5) is 0 Å². The summed E-state index contributed by atoms with van der Waals surface area (Å²) in [5.41, 5.74) is 2.34. The van der Waals surface area contributed by atoms with Crippen LogP contribution in [-0.2, 0) is 17.6 Å². The van der Waals surface area contributed by atoms with Crippen molar-refractivity contribution < 1.29 is 4.79 Å². The molecule has 0 amide bonds. The largest absolute Gasteiger partial charge is 0.300 e. The number of pyridine rings is 2. The number of ketones is 1. The first kappa shape index (κ1) is 12.4. The Morgan fingerprint density at radius 1 is 0.778 bits per heavy atom. The predicted octanol–water partition coefficient (Wildman–Crippen LogP) is 2.61. The Morgan fingerprint density at radius 2 is 1.17 bits per heavy atom. The van der Waals surface area contributed by atoms with Crippen LogP contribution in [0.25, 0.3) is 0 Å². The molecule has 18 heavy (non-hydrogen) atoms. The van der Waals surface area contributed by atoms with Gasteiger partial charge in [-0.3, -0.25) is 14.8 Å². The van der Waals surface area contributed by atoms with Crippen LogP contribution < -0.4 is 0 Å². The summed E-state index contributed by atoms with van der Waals surface area (Å²) in [7, 11) is 0. The van der Waals surface area contributed by atoms with Crippen LogP contribution >= 0.6 is 0 Å². The van der Waals surface area contributed by atoms with E-state index in [9.17, 15) is 4.79 Å². The molecule has 0 aliphatic rings. The molecule has 0 aliphatic carbocycles. The lowest BCUT2D eigenvalue weighted by Gasteiger charge is -2.02. The van der Waals surface area contributed by atoms with Crippen molar-refractivity contribution in [2.45, 2.75) is 25.7 Å². The monoisotopic (exact) mass is 240 g/mol. The molecular weight excluding hydrogens is 224 g/mol. The second-order valence-electron chi connectivity index (χ2n) is 4.25. The molecule has 2 aromatic heterocycles. The normalized spacial score (nSPS) is 10.2. The van der Waals surface area contributed by atoms with Crippen molar-refractivity contribution in [1.29, 1.82) is 0 Å². The van der Waals surface area contributed by atoms with E-state index in [1.165, 1.54) is 11.1 Å². The summed E-state index contributed by atoms with van der Waals surface area (Å²) in [6.45, 7) is 0. The SMILES string of the molecule is O=C(CCc1ccncc1)CCc1ccncc1. The first-order valence-electron chi connectivity index (χ1n) is 6.14. The Morgan fingerprint density at radius 3 is 1.56 bits per heavy atom. The maximum Gasteiger partial charge on any atom is 0.133 e. The molecule has 0 aromatic carbocycles. The van der Waals surface area contributed by atoms with Crippen LogP contribution in [0.15, 0.2) is 49.1 Å². The lowest BCUT2D eigenvalue weighted by molar-refractivity contribution is -0.119. The summed E-state index contributed by atoms with van der Waals surface area (Å²) >= 11 is 0. The summed E-state index contributed by atoms with van der Waals surface area (Å²) in [6, 6.07) is 7.82. The third kappa shape index (κ3) is 4.09. The minimum Gasteiger partial charge on any atom is -0.300 e. The Bertz CT molecular complexity index is 437. The lowest BCUT2D eigenvalue weighted by atomic mass is 10.0. The summed E-state index contributed by atoms with van der Waals surface area (Å²) in [5.74, 6) is 0.309. The van der Waals surface area contributed by atoms with Gasteiger partial charge in [0.05, 0.1) is 0 Å². The minimum absolute atomic E-state index is 0.309. The third-order valence-corrected chi connectivity index (χ3v) is 2.88. The number of Topliss-reactive ketones (excluding diaryl/α,β-unsaturated/α-hetero) is 1. The Kier molecular flexibility index (Phi) is 4.59. The third-order valence-electron chi connectivity index (χ3n) is 2.88. The van der Waals surface area contributed by atoms with Gasteiger partial charge < -0.3 is 0 Å². The van der Waals surface area contributed by atoms with Crippen LogP contribution in [0.2, 0.25) is 0 Å². The fourth-order valence-electron chi connectivity index (χ4n) is 1.79. The van der Waals surface area contributed by atoms with Crippen LogP contribution in [0.3, 0.4) is 0 Å². The van der Waals surface area contributed by atoms with Gasteiger partial charge in [0, 0.05) is 37.6 Å². The van der Waals surface area contributed by atoms with Gasteiger partial charge >= 0.3 is 0 Å². The maximum absolute atomic E-state index is 11.8. The molecule has 0 atom stereocenters. The van der Waals surface area contributed by atoms with Crippen LogP contribution in [0, 0.1) is 0 Å². The van der Waals surface area contributed by atoms with Gasteiger partial charge in [-0.2, -0.15) is 0 Å². The van der Waals surface area contributed by atoms with Crippen molar-refractivity contribution in [3.63, 3.8) is 0 Å². The zero-order chi connectivity index (χ0) is 12.6. The molecule has 0 spiro atoms. The first-order valence-corrected chi connectivity index (χ1v) is 6.14. The maximum atomic E-state index is 11.8. The molecule has 3 nitrogen and oxygen atoms in total. The van der Waals surface area contributed by atoms with E-state index in [-0.39, 0.29) is 0 Å². The van der Waals surface area contributed by atoms with E-state index in [1.54, 1.807) is 24.8 Å². The molecule has 3 heteroatoms. The number of aromatic nitrogens is 2. The molecule has 2 rings (SSSR count). The van der Waals surface area contributed by atoms with Crippen molar-refractivity contribution in [1.82, 2.24) is 9.97 Å². The van der Waals surface area contributed by atoms with E-state index >= 15 is 0 Å². The quantitative estimate of drug-likeness (QED) is 0.779. The molecule has 0 saturated heterocycles. The van der Waals surface area contributed by atoms with Gasteiger partial charge in [-0.15, -0.1) is 0 Å². The summed E-state index contributed by atoms with van der Waals surface area (Å²) in [5, 5.41) is 0. The topological polar surface area (TPSA) is 42.9 Å². The van der Waals surface area contributed by atoms with Crippen molar-refractivity contribution >= 4 is 5.78 Å². The lowest BCUT2D eigenvalue weighted by Crippen LogP contribution is -2.02. The first-order chi connectivity index (χ1) is 8.84. The fraction of sp³-hybridized carbons (Fsp3) is 0.267. The Labute approximate surface area is 107 Å². The van der Waals surface area contributed by atoms with Crippen LogP contribution in [0.1, 0.15) is 24.0 Å². The van der Waals surface area contributed by atoms with Gasteiger partial charge in [-0.1, -0.05) is 0 Å². The Balaban J connectivity index is 1.73. The van der Waals surface area contributed by atoms with Gasteiger partial charge in [-0.25, -0.2) is 0 Å². The second-order valence-corrected chi connectivity index (χ2v) is 4.25. The number of hydrogen-bond acceptors (Lipinski definition) is 3. The average Bonchev–Trinajstić information content (AvgIpc) is 2.45. The molecule has 2 heterocycles. The summed E-state index contributed by atoms with van der Waals surface area (Å²) in [6.07, 6.45) is 9.86. The van der Waals surface area contributed by atoms with E-state index in [0.717, 1.165) is 12.8 Å². The van der Waals surface area contributed by atoms with Crippen LogP contribution in [-0.4, -0.2) is 15.8 Å². The zero-order valence-electron chi connectivity index (χ0n) is 10.2. The van der Waals surface area contributed by atoms with Gasteiger partial charge in [0.15, 0.2) is 0 Å².